The second-order valence-electron chi connectivity index (χ2n) is 16.5. The zero-order valence-corrected chi connectivity index (χ0v) is 35.6. The van der Waals surface area contributed by atoms with Gasteiger partial charge >= 0.3 is 0 Å². The average molecular weight is 834 g/mol. The van der Waals surface area contributed by atoms with E-state index >= 15 is 0 Å². The van der Waals surface area contributed by atoms with Crippen LogP contribution in [-0.2, 0) is 0 Å². The van der Waals surface area contributed by atoms with Crippen molar-refractivity contribution < 1.29 is 0 Å². The normalized spacial score (nSPS) is 11.8. The van der Waals surface area contributed by atoms with Crippen LogP contribution in [0.4, 0.5) is 17.1 Å². The van der Waals surface area contributed by atoms with E-state index in [2.05, 4.69) is 251 Å². The standard InChI is InChI=1S/C60H39N3S/c1-4-15-40(16-5-1)41-27-32-46(33-28-41)61(47-34-29-42(30-35-47)43-31-37-55-52(39-43)48-21-10-12-24-53(48)62(55)44-17-6-2-7-18-44)57-26-14-23-49-50-36-38-56-58(60(50)64-59(49)57)51-22-11-13-25-54(51)63(56)45-19-8-3-9-20-45/h1-39H. The molecule has 3 nitrogen and oxygen atoms in total. The van der Waals surface area contributed by atoms with Crippen LogP contribution in [0.5, 0.6) is 0 Å². The second kappa shape index (κ2) is 14.7. The lowest BCUT2D eigenvalue weighted by Gasteiger charge is -2.26. The molecule has 3 heterocycles. The first-order valence-corrected chi connectivity index (χ1v) is 22.7. The Morgan fingerprint density at radius 2 is 0.766 bits per heavy atom. The van der Waals surface area contributed by atoms with Gasteiger partial charge in [-0.15, -0.1) is 11.3 Å². The van der Waals surface area contributed by atoms with Crippen LogP contribution in [0.25, 0.3) is 97.4 Å². The van der Waals surface area contributed by atoms with Crippen molar-refractivity contribution >= 4 is 92.2 Å². The first-order chi connectivity index (χ1) is 31.8. The summed E-state index contributed by atoms with van der Waals surface area (Å²) in [6.07, 6.45) is 0. The molecule has 4 heteroatoms. The summed E-state index contributed by atoms with van der Waals surface area (Å²) in [5.74, 6) is 0. The van der Waals surface area contributed by atoms with Crippen LogP contribution >= 0.6 is 11.3 Å². The molecule has 0 bridgehead atoms. The van der Waals surface area contributed by atoms with Gasteiger partial charge in [0.1, 0.15) is 0 Å². The Balaban J connectivity index is 0.975. The molecule has 0 aliphatic carbocycles. The van der Waals surface area contributed by atoms with Crippen LogP contribution in [0.15, 0.2) is 237 Å². The largest absolute Gasteiger partial charge is 0.309 e. The van der Waals surface area contributed by atoms with Crippen molar-refractivity contribution in [3.05, 3.63) is 237 Å². The van der Waals surface area contributed by atoms with E-state index in [0.717, 1.165) is 17.1 Å². The van der Waals surface area contributed by atoms with E-state index in [1.54, 1.807) is 0 Å². The molecule has 13 rings (SSSR count). The highest BCUT2D eigenvalue weighted by Gasteiger charge is 2.22. The van der Waals surface area contributed by atoms with Gasteiger partial charge in [0.2, 0.25) is 0 Å². The summed E-state index contributed by atoms with van der Waals surface area (Å²) in [7, 11) is 0. The summed E-state index contributed by atoms with van der Waals surface area (Å²) in [6, 6.07) is 86.2. The Hall–Kier alpha value is -8.18. The van der Waals surface area contributed by atoms with Crippen LogP contribution in [0.3, 0.4) is 0 Å². The molecule has 0 aliphatic rings. The second-order valence-corrected chi connectivity index (χ2v) is 17.5. The quantitative estimate of drug-likeness (QED) is 0.156. The number of benzene rings is 10. The summed E-state index contributed by atoms with van der Waals surface area (Å²) in [6.45, 7) is 0. The topological polar surface area (TPSA) is 13.1 Å². The molecule has 0 saturated heterocycles. The highest BCUT2D eigenvalue weighted by atomic mass is 32.1. The minimum atomic E-state index is 1.11. The number of para-hydroxylation sites is 4. The fourth-order valence-electron chi connectivity index (χ4n) is 10.00. The molecule has 0 atom stereocenters. The van der Waals surface area contributed by atoms with E-state index in [1.165, 1.54) is 97.4 Å². The molecule has 0 spiro atoms. The van der Waals surface area contributed by atoms with Crippen molar-refractivity contribution in [3.8, 4) is 33.6 Å². The molecule has 0 unspecified atom stereocenters. The molecule has 0 aliphatic heterocycles. The molecular formula is C60H39N3S. The monoisotopic (exact) mass is 833 g/mol. The maximum Gasteiger partial charge on any atom is 0.0640 e. The number of fused-ring (bicyclic) bond motifs is 10. The maximum absolute atomic E-state index is 2.44. The van der Waals surface area contributed by atoms with E-state index in [-0.39, 0.29) is 0 Å². The van der Waals surface area contributed by atoms with Gasteiger partial charge in [-0.05, 0) is 107 Å². The minimum absolute atomic E-state index is 1.11. The van der Waals surface area contributed by atoms with Gasteiger partial charge < -0.3 is 14.0 Å². The van der Waals surface area contributed by atoms with E-state index in [4.69, 9.17) is 0 Å². The first-order valence-electron chi connectivity index (χ1n) is 21.8. The van der Waals surface area contributed by atoms with Crippen LogP contribution in [0.2, 0.25) is 0 Å². The molecular weight excluding hydrogens is 795 g/mol. The number of anilines is 3. The van der Waals surface area contributed by atoms with Gasteiger partial charge in [0.15, 0.2) is 0 Å². The summed E-state index contributed by atoms with van der Waals surface area (Å²) < 4.78 is 7.36. The Kier molecular flexibility index (Phi) is 8.40. The van der Waals surface area contributed by atoms with Gasteiger partial charge in [-0.3, -0.25) is 0 Å². The summed E-state index contributed by atoms with van der Waals surface area (Å²) in [5.41, 5.74) is 15.3. The summed E-state index contributed by atoms with van der Waals surface area (Å²) >= 11 is 1.90. The third-order valence-corrected chi connectivity index (χ3v) is 14.2. The Labute approximate surface area is 374 Å². The van der Waals surface area contributed by atoms with Crippen LogP contribution < -0.4 is 4.90 Å². The molecule has 13 aromatic rings. The summed E-state index contributed by atoms with van der Waals surface area (Å²) in [4.78, 5) is 2.44. The first kappa shape index (κ1) is 36.5. The van der Waals surface area contributed by atoms with Crippen molar-refractivity contribution in [2.24, 2.45) is 0 Å². The van der Waals surface area contributed by atoms with E-state index in [0.29, 0.717) is 0 Å². The van der Waals surface area contributed by atoms with Crippen LogP contribution in [0.1, 0.15) is 0 Å². The van der Waals surface area contributed by atoms with Gasteiger partial charge in [-0.2, -0.15) is 0 Å². The van der Waals surface area contributed by atoms with Gasteiger partial charge in [-0.25, -0.2) is 0 Å². The number of rotatable bonds is 7. The Bertz CT molecular complexity index is 3860. The number of nitrogens with zero attached hydrogens (tertiary/aromatic N) is 3. The van der Waals surface area contributed by atoms with Crippen molar-refractivity contribution in [1.82, 2.24) is 9.13 Å². The van der Waals surface area contributed by atoms with Gasteiger partial charge in [-0.1, -0.05) is 152 Å². The molecule has 0 saturated carbocycles. The average Bonchev–Trinajstić information content (AvgIpc) is 4.03. The van der Waals surface area contributed by atoms with Crippen molar-refractivity contribution in [2.45, 2.75) is 0 Å². The Morgan fingerprint density at radius 3 is 1.44 bits per heavy atom. The zero-order valence-electron chi connectivity index (χ0n) is 34.8. The predicted molar refractivity (Wildman–Crippen MR) is 274 cm³/mol. The molecule has 3 aromatic heterocycles. The third kappa shape index (κ3) is 5.73. The summed E-state index contributed by atoms with van der Waals surface area (Å²) in [5, 5.41) is 7.62. The van der Waals surface area contributed by atoms with Crippen LogP contribution in [0, 0.1) is 0 Å². The Morgan fingerprint density at radius 1 is 0.297 bits per heavy atom. The molecule has 64 heavy (non-hydrogen) atoms. The van der Waals surface area contributed by atoms with Gasteiger partial charge in [0.05, 0.1) is 32.5 Å². The molecule has 0 N–H and O–H groups in total. The highest BCUT2D eigenvalue weighted by molar-refractivity contribution is 7.27. The molecule has 0 fully saturated rings. The van der Waals surface area contributed by atoms with Crippen LogP contribution in [-0.4, -0.2) is 9.13 Å². The zero-order chi connectivity index (χ0) is 42.1. The van der Waals surface area contributed by atoms with Crippen molar-refractivity contribution in [1.29, 1.82) is 0 Å². The van der Waals surface area contributed by atoms with Crippen molar-refractivity contribution in [3.63, 3.8) is 0 Å². The van der Waals surface area contributed by atoms with Gasteiger partial charge in [0, 0.05) is 59.8 Å². The van der Waals surface area contributed by atoms with E-state index < -0.39 is 0 Å². The number of thiophene rings is 1. The highest BCUT2D eigenvalue weighted by Crippen LogP contribution is 2.49. The number of aromatic nitrogens is 2. The van der Waals surface area contributed by atoms with E-state index in [9.17, 15) is 0 Å². The van der Waals surface area contributed by atoms with E-state index in [1.807, 2.05) is 11.3 Å². The van der Waals surface area contributed by atoms with Crippen molar-refractivity contribution in [2.75, 3.05) is 4.90 Å². The molecule has 300 valence electrons. The lowest BCUT2D eigenvalue weighted by molar-refractivity contribution is 1.18. The third-order valence-electron chi connectivity index (χ3n) is 12.9. The van der Waals surface area contributed by atoms with Gasteiger partial charge in [0.25, 0.3) is 0 Å². The molecule has 0 radical (unpaired) electrons. The lowest BCUT2D eigenvalue weighted by Crippen LogP contribution is -2.10. The SMILES string of the molecule is c1ccc(-c2ccc(N(c3ccc(-c4ccc5c(c4)c4ccccc4n5-c4ccccc4)cc3)c3cccc4c3sc3c4ccc4c3c3ccccc3n4-c3ccccc3)cc2)cc1. The molecule has 0 amide bonds. The minimum Gasteiger partial charge on any atom is -0.309 e. The number of hydrogen-bond donors (Lipinski definition) is 0. The smallest absolute Gasteiger partial charge is 0.0640 e. The number of hydrogen-bond acceptors (Lipinski definition) is 2. The fourth-order valence-corrected chi connectivity index (χ4v) is 11.4. The predicted octanol–water partition coefficient (Wildman–Crippen LogP) is 17.1. The lowest BCUT2D eigenvalue weighted by atomic mass is 10.0. The fraction of sp³-hybridized carbons (Fsp3) is 0. The molecule has 10 aromatic carbocycles. The maximum atomic E-state index is 2.44.